The maximum absolute atomic E-state index is 13.3. The standard InChI is InChI=1S/C33H43N5O7S2/c1-20(39)38-18-22(21-10-12-24(13-11-21)35-32(46)34-23-8-6-5-7-9-23)16-27(38)29(41)37-25(30(42)43)14-15-47-19-26(31(44)45)36-28(40)17-33(2,3)4/h5-13,22,25-27H,14-19H2,1-4H3,(H,36,40)(H,37,41)(H,42,43)(H,44,45)(H2,34,35,46). The van der Waals surface area contributed by atoms with Crippen LogP contribution in [0.3, 0.4) is 0 Å². The van der Waals surface area contributed by atoms with Crippen LogP contribution in [0.2, 0.25) is 0 Å². The van der Waals surface area contributed by atoms with Crippen molar-refractivity contribution in [3.63, 3.8) is 0 Å². The van der Waals surface area contributed by atoms with E-state index in [0.29, 0.717) is 18.1 Å². The van der Waals surface area contributed by atoms with Crippen LogP contribution in [0.5, 0.6) is 0 Å². The van der Waals surface area contributed by atoms with Gasteiger partial charge in [0.05, 0.1) is 0 Å². The van der Waals surface area contributed by atoms with Crippen LogP contribution in [0.15, 0.2) is 54.6 Å². The average Bonchev–Trinajstić information content (AvgIpc) is 3.44. The van der Waals surface area contributed by atoms with Gasteiger partial charge in [-0.1, -0.05) is 51.1 Å². The number of nitrogens with one attached hydrogen (secondary N) is 4. The highest BCUT2D eigenvalue weighted by atomic mass is 32.2. The maximum atomic E-state index is 13.3. The zero-order valence-electron chi connectivity index (χ0n) is 26.9. The van der Waals surface area contributed by atoms with E-state index in [2.05, 4.69) is 21.3 Å². The number of carbonyl (C=O) groups excluding carboxylic acids is 3. The number of anilines is 2. The van der Waals surface area contributed by atoms with Crippen LogP contribution in [-0.2, 0) is 24.0 Å². The third-order valence-corrected chi connectivity index (χ3v) is 8.75. The number of hydrogen-bond donors (Lipinski definition) is 6. The van der Waals surface area contributed by atoms with Gasteiger partial charge < -0.3 is 36.4 Å². The number of hydrogen-bond acceptors (Lipinski definition) is 7. The minimum Gasteiger partial charge on any atom is -0.480 e. The Morgan fingerprint density at radius 3 is 2.06 bits per heavy atom. The molecule has 2 aromatic rings. The topological polar surface area (TPSA) is 177 Å². The molecule has 0 spiro atoms. The lowest BCUT2D eigenvalue weighted by molar-refractivity contribution is -0.143. The third-order valence-electron chi connectivity index (χ3n) is 7.45. The fourth-order valence-corrected chi connectivity index (χ4v) is 6.42. The summed E-state index contributed by atoms with van der Waals surface area (Å²) in [6.07, 6.45) is 0.513. The fourth-order valence-electron chi connectivity index (χ4n) is 5.16. The first-order chi connectivity index (χ1) is 22.1. The molecular formula is C33H43N5O7S2. The van der Waals surface area contributed by atoms with Gasteiger partial charge in [0.1, 0.15) is 18.1 Å². The highest BCUT2D eigenvalue weighted by Crippen LogP contribution is 2.33. The zero-order chi connectivity index (χ0) is 34.7. The second-order valence-corrected chi connectivity index (χ2v) is 14.2. The van der Waals surface area contributed by atoms with Gasteiger partial charge in [-0.3, -0.25) is 14.4 Å². The van der Waals surface area contributed by atoms with Crippen LogP contribution in [0.25, 0.3) is 0 Å². The molecule has 3 rings (SSSR count). The molecule has 254 valence electrons. The summed E-state index contributed by atoms with van der Waals surface area (Å²) in [6.45, 7) is 7.30. The average molecular weight is 686 g/mol. The van der Waals surface area contributed by atoms with E-state index in [0.717, 1.165) is 16.9 Å². The minimum atomic E-state index is -1.24. The molecule has 0 saturated carbocycles. The number of thioether (sulfide) groups is 1. The van der Waals surface area contributed by atoms with Gasteiger partial charge in [0.25, 0.3) is 0 Å². The second kappa shape index (κ2) is 17.1. The first-order valence-electron chi connectivity index (χ1n) is 15.3. The number of amides is 3. The molecule has 0 radical (unpaired) electrons. The number of nitrogens with zero attached hydrogens (tertiary/aromatic N) is 1. The Balaban J connectivity index is 1.54. The summed E-state index contributed by atoms with van der Waals surface area (Å²) >= 11 is 6.56. The first-order valence-corrected chi connectivity index (χ1v) is 16.8. The van der Waals surface area contributed by atoms with Crippen molar-refractivity contribution in [3.05, 3.63) is 60.2 Å². The number of thiocarbonyl (C=S) groups is 1. The van der Waals surface area contributed by atoms with Crippen LogP contribution in [0.1, 0.15) is 58.4 Å². The summed E-state index contributed by atoms with van der Waals surface area (Å²) in [5.41, 5.74) is 2.24. The number of carboxylic acid groups (broad SMARTS) is 2. The Labute approximate surface area is 284 Å². The number of carboxylic acids is 2. The molecule has 2 aromatic carbocycles. The SMILES string of the molecule is CC(=O)N1CC(c2ccc(NC(=S)Nc3ccccc3)cc2)CC1C(=O)NC(CCSCC(NC(=O)CC(C)(C)C)C(=O)O)C(=O)O. The van der Waals surface area contributed by atoms with Crippen molar-refractivity contribution in [2.24, 2.45) is 5.41 Å². The number of para-hydroxylation sites is 1. The molecule has 1 aliphatic heterocycles. The Kier molecular flexibility index (Phi) is 13.6. The molecule has 4 atom stereocenters. The highest BCUT2D eigenvalue weighted by Gasteiger charge is 2.40. The minimum absolute atomic E-state index is 0.0275. The molecule has 3 amide bonds. The van der Waals surface area contributed by atoms with Crippen molar-refractivity contribution in [2.45, 2.75) is 71.0 Å². The fraction of sp³-hybridized carbons (Fsp3) is 0.455. The van der Waals surface area contributed by atoms with Crippen molar-refractivity contribution in [1.29, 1.82) is 0 Å². The molecule has 6 N–H and O–H groups in total. The van der Waals surface area contributed by atoms with E-state index in [-0.39, 0.29) is 47.5 Å². The van der Waals surface area contributed by atoms with Gasteiger partial charge in [0.2, 0.25) is 17.7 Å². The van der Waals surface area contributed by atoms with Crippen molar-refractivity contribution < 1.29 is 34.2 Å². The van der Waals surface area contributed by atoms with Gasteiger partial charge in [-0.2, -0.15) is 11.8 Å². The summed E-state index contributed by atoms with van der Waals surface area (Å²) in [5.74, 6) is -3.52. The Bertz CT molecular complexity index is 1430. The lowest BCUT2D eigenvalue weighted by atomic mass is 9.92. The van der Waals surface area contributed by atoms with E-state index in [4.69, 9.17) is 12.2 Å². The van der Waals surface area contributed by atoms with E-state index < -0.39 is 36.0 Å². The summed E-state index contributed by atoms with van der Waals surface area (Å²) in [6, 6.07) is 13.9. The van der Waals surface area contributed by atoms with E-state index in [9.17, 15) is 34.2 Å². The highest BCUT2D eigenvalue weighted by molar-refractivity contribution is 7.99. The number of likely N-dealkylation sites (tertiary alicyclic amines) is 1. The molecule has 1 heterocycles. The molecule has 0 aromatic heterocycles. The first kappa shape index (κ1) is 37.3. The Morgan fingerprint density at radius 2 is 1.51 bits per heavy atom. The van der Waals surface area contributed by atoms with Crippen molar-refractivity contribution in [1.82, 2.24) is 15.5 Å². The molecular weight excluding hydrogens is 643 g/mol. The molecule has 14 heteroatoms. The molecule has 0 aliphatic carbocycles. The van der Waals surface area contributed by atoms with Gasteiger partial charge in [-0.05, 0) is 66.1 Å². The molecule has 1 fully saturated rings. The van der Waals surface area contributed by atoms with Crippen LogP contribution in [0.4, 0.5) is 11.4 Å². The smallest absolute Gasteiger partial charge is 0.327 e. The zero-order valence-corrected chi connectivity index (χ0v) is 28.6. The second-order valence-electron chi connectivity index (χ2n) is 12.6. The van der Waals surface area contributed by atoms with Crippen molar-refractivity contribution in [3.8, 4) is 0 Å². The number of benzene rings is 2. The Morgan fingerprint density at radius 1 is 0.915 bits per heavy atom. The third kappa shape index (κ3) is 12.2. The summed E-state index contributed by atoms with van der Waals surface area (Å²) < 4.78 is 0. The predicted molar refractivity (Wildman–Crippen MR) is 186 cm³/mol. The van der Waals surface area contributed by atoms with Crippen molar-refractivity contribution in [2.75, 3.05) is 28.7 Å². The van der Waals surface area contributed by atoms with Crippen LogP contribution < -0.4 is 21.3 Å². The molecule has 4 unspecified atom stereocenters. The van der Waals surface area contributed by atoms with E-state index in [1.165, 1.54) is 23.6 Å². The maximum Gasteiger partial charge on any atom is 0.327 e. The molecule has 0 bridgehead atoms. The van der Waals surface area contributed by atoms with Gasteiger partial charge >= 0.3 is 11.9 Å². The van der Waals surface area contributed by atoms with Gasteiger partial charge in [-0.15, -0.1) is 0 Å². The predicted octanol–water partition coefficient (Wildman–Crippen LogP) is 3.90. The van der Waals surface area contributed by atoms with Crippen molar-refractivity contribution >= 4 is 70.1 Å². The van der Waals surface area contributed by atoms with E-state index in [1.807, 2.05) is 75.4 Å². The summed E-state index contributed by atoms with van der Waals surface area (Å²) in [5, 5.41) is 31.0. The lowest BCUT2D eigenvalue weighted by Crippen LogP contribution is -2.50. The quantitative estimate of drug-likeness (QED) is 0.126. The van der Waals surface area contributed by atoms with E-state index >= 15 is 0 Å². The van der Waals surface area contributed by atoms with Crippen LogP contribution >= 0.6 is 24.0 Å². The number of rotatable bonds is 14. The lowest BCUT2D eigenvalue weighted by Gasteiger charge is -2.24. The molecule has 12 nitrogen and oxygen atoms in total. The van der Waals surface area contributed by atoms with Gasteiger partial charge in [-0.25, -0.2) is 9.59 Å². The van der Waals surface area contributed by atoms with Crippen LogP contribution in [0, 0.1) is 5.41 Å². The Hall–Kier alpha value is -4.17. The van der Waals surface area contributed by atoms with Gasteiger partial charge in [0, 0.05) is 42.9 Å². The molecule has 1 aliphatic rings. The molecule has 47 heavy (non-hydrogen) atoms. The van der Waals surface area contributed by atoms with Crippen LogP contribution in [-0.4, -0.2) is 86.1 Å². The number of aliphatic carboxylic acids is 2. The monoisotopic (exact) mass is 685 g/mol. The normalized spacial score (nSPS) is 17.2. The summed E-state index contributed by atoms with van der Waals surface area (Å²) in [7, 11) is 0. The number of carbonyl (C=O) groups is 5. The van der Waals surface area contributed by atoms with Gasteiger partial charge in [0.15, 0.2) is 5.11 Å². The summed E-state index contributed by atoms with van der Waals surface area (Å²) in [4.78, 5) is 63.1. The largest absolute Gasteiger partial charge is 0.480 e. The molecule has 1 saturated heterocycles. The van der Waals surface area contributed by atoms with E-state index in [1.54, 1.807) is 0 Å².